The maximum Gasteiger partial charge on any atom is 0.309 e. The van der Waals surface area contributed by atoms with E-state index in [1.807, 2.05) is 0 Å². The standard InChI is InChI=1S/C13H22O3/c1-8-9(2)11-6-10(8)7-12(11)13(15)16-5-3-4-14/h8-12,14H,3-7H2,1-2H3. The molecule has 2 aliphatic rings. The van der Waals surface area contributed by atoms with Crippen LogP contribution in [0.15, 0.2) is 0 Å². The Morgan fingerprint density at radius 1 is 1.31 bits per heavy atom. The molecule has 2 bridgehead atoms. The van der Waals surface area contributed by atoms with Crippen molar-refractivity contribution in [2.45, 2.75) is 33.1 Å². The molecule has 5 atom stereocenters. The van der Waals surface area contributed by atoms with E-state index in [2.05, 4.69) is 13.8 Å². The molecule has 2 rings (SSSR count). The molecule has 92 valence electrons. The first-order chi connectivity index (χ1) is 7.65. The molecule has 16 heavy (non-hydrogen) atoms. The maximum atomic E-state index is 11.9. The zero-order chi connectivity index (χ0) is 11.7. The molecule has 0 aromatic rings. The highest BCUT2D eigenvalue weighted by Gasteiger charge is 2.51. The van der Waals surface area contributed by atoms with E-state index >= 15 is 0 Å². The van der Waals surface area contributed by atoms with E-state index in [1.165, 1.54) is 6.42 Å². The first-order valence-corrected chi connectivity index (χ1v) is 6.42. The van der Waals surface area contributed by atoms with Crippen LogP contribution in [0.25, 0.3) is 0 Å². The quantitative estimate of drug-likeness (QED) is 0.587. The fourth-order valence-corrected chi connectivity index (χ4v) is 3.56. The minimum Gasteiger partial charge on any atom is -0.465 e. The number of ether oxygens (including phenoxy) is 1. The molecule has 2 saturated carbocycles. The number of fused-ring (bicyclic) bond motifs is 2. The summed E-state index contributed by atoms with van der Waals surface area (Å²) in [6.07, 6.45) is 2.79. The fourth-order valence-electron chi connectivity index (χ4n) is 3.56. The molecule has 0 aliphatic heterocycles. The first-order valence-electron chi connectivity index (χ1n) is 6.42. The van der Waals surface area contributed by atoms with Crippen LogP contribution in [0.4, 0.5) is 0 Å². The van der Waals surface area contributed by atoms with Crippen LogP contribution in [0.2, 0.25) is 0 Å². The topological polar surface area (TPSA) is 46.5 Å². The van der Waals surface area contributed by atoms with Gasteiger partial charge in [-0.2, -0.15) is 0 Å². The predicted octanol–water partition coefficient (Wildman–Crippen LogP) is 1.84. The Labute approximate surface area is 97.2 Å². The van der Waals surface area contributed by atoms with Crippen molar-refractivity contribution in [3.63, 3.8) is 0 Å². The zero-order valence-corrected chi connectivity index (χ0v) is 10.2. The van der Waals surface area contributed by atoms with Crippen LogP contribution in [0.3, 0.4) is 0 Å². The largest absolute Gasteiger partial charge is 0.465 e. The summed E-state index contributed by atoms with van der Waals surface area (Å²) in [5.74, 6) is 2.81. The second kappa shape index (κ2) is 4.74. The summed E-state index contributed by atoms with van der Waals surface area (Å²) in [6.45, 7) is 5.04. The average Bonchev–Trinajstić information content (AvgIpc) is 2.80. The molecule has 0 aromatic carbocycles. The molecule has 5 unspecified atom stereocenters. The Bertz CT molecular complexity index is 262. The van der Waals surface area contributed by atoms with Gasteiger partial charge in [-0.25, -0.2) is 0 Å². The summed E-state index contributed by atoms with van der Waals surface area (Å²) < 4.78 is 5.20. The van der Waals surface area contributed by atoms with E-state index in [1.54, 1.807) is 0 Å². The van der Waals surface area contributed by atoms with Crippen LogP contribution < -0.4 is 0 Å². The Balaban J connectivity index is 1.86. The summed E-state index contributed by atoms with van der Waals surface area (Å²) >= 11 is 0. The van der Waals surface area contributed by atoms with E-state index in [-0.39, 0.29) is 18.5 Å². The van der Waals surface area contributed by atoms with E-state index in [0.29, 0.717) is 24.9 Å². The summed E-state index contributed by atoms with van der Waals surface area (Å²) in [4.78, 5) is 11.9. The summed E-state index contributed by atoms with van der Waals surface area (Å²) in [5, 5.41) is 8.64. The van der Waals surface area contributed by atoms with Crippen LogP contribution >= 0.6 is 0 Å². The monoisotopic (exact) mass is 226 g/mol. The van der Waals surface area contributed by atoms with E-state index < -0.39 is 0 Å². The normalized spacial score (nSPS) is 41.3. The number of carbonyl (C=O) groups excluding carboxylic acids is 1. The number of hydrogen-bond acceptors (Lipinski definition) is 3. The van der Waals surface area contributed by atoms with Crippen molar-refractivity contribution >= 4 is 5.97 Å². The van der Waals surface area contributed by atoms with Gasteiger partial charge in [0.05, 0.1) is 12.5 Å². The zero-order valence-electron chi connectivity index (χ0n) is 10.2. The molecule has 0 radical (unpaired) electrons. The number of aliphatic hydroxyl groups excluding tert-OH is 1. The molecule has 1 N–H and O–H groups in total. The second-order valence-electron chi connectivity index (χ2n) is 5.46. The van der Waals surface area contributed by atoms with Crippen LogP contribution in [-0.2, 0) is 9.53 Å². The second-order valence-corrected chi connectivity index (χ2v) is 5.46. The van der Waals surface area contributed by atoms with Gasteiger partial charge >= 0.3 is 5.97 Å². The van der Waals surface area contributed by atoms with Gasteiger partial charge in [-0.15, -0.1) is 0 Å². The van der Waals surface area contributed by atoms with Gasteiger partial charge in [0, 0.05) is 13.0 Å². The lowest BCUT2D eigenvalue weighted by molar-refractivity contribution is -0.151. The fraction of sp³-hybridized carbons (Fsp3) is 0.923. The molecule has 0 aromatic heterocycles. The number of esters is 1. The number of carbonyl (C=O) groups is 1. The minimum atomic E-state index is -0.0281. The van der Waals surface area contributed by atoms with Crippen molar-refractivity contribution in [1.29, 1.82) is 0 Å². The third-order valence-corrected chi connectivity index (χ3v) is 4.75. The predicted molar refractivity (Wildman–Crippen MR) is 60.7 cm³/mol. The van der Waals surface area contributed by atoms with Crippen molar-refractivity contribution in [2.24, 2.45) is 29.6 Å². The molecule has 2 aliphatic carbocycles. The smallest absolute Gasteiger partial charge is 0.309 e. The van der Waals surface area contributed by atoms with Crippen LogP contribution in [0.5, 0.6) is 0 Å². The van der Waals surface area contributed by atoms with Gasteiger partial charge in [-0.3, -0.25) is 4.79 Å². The Morgan fingerprint density at radius 2 is 2.06 bits per heavy atom. The van der Waals surface area contributed by atoms with Crippen LogP contribution in [0.1, 0.15) is 33.1 Å². The van der Waals surface area contributed by atoms with Crippen LogP contribution in [-0.4, -0.2) is 24.3 Å². The number of aliphatic hydroxyl groups is 1. The highest BCUT2D eigenvalue weighted by molar-refractivity contribution is 5.73. The molecular weight excluding hydrogens is 204 g/mol. The summed E-state index contributed by atoms with van der Waals surface area (Å²) in [7, 11) is 0. The molecule has 0 heterocycles. The number of hydrogen-bond donors (Lipinski definition) is 1. The summed E-state index contributed by atoms with van der Waals surface area (Å²) in [5.41, 5.74) is 0. The van der Waals surface area contributed by atoms with Gasteiger partial charge in [0.1, 0.15) is 0 Å². The average molecular weight is 226 g/mol. The Morgan fingerprint density at radius 3 is 2.62 bits per heavy atom. The molecule has 0 saturated heterocycles. The highest BCUT2D eigenvalue weighted by Crippen LogP contribution is 2.55. The SMILES string of the molecule is CC1C2CC(C(=O)OCCCO)C(C2)C1C. The highest BCUT2D eigenvalue weighted by atomic mass is 16.5. The van der Waals surface area contributed by atoms with E-state index in [0.717, 1.165) is 18.3 Å². The van der Waals surface area contributed by atoms with Gasteiger partial charge in [0.15, 0.2) is 0 Å². The van der Waals surface area contributed by atoms with Crippen molar-refractivity contribution in [2.75, 3.05) is 13.2 Å². The molecule has 3 nitrogen and oxygen atoms in total. The van der Waals surface area contributed by atoms with Gasteiger partial charge in [0.25, 0.3) is 0 Å². The van der Waals surface area contributed by atoms with E-state index in [4.69, 9.17) is 9.84 Å². The Kier molecular flexibility index (Phi) is 3.53. The third-order valence-electron chi connectivity index (χ3n) is 4.75. The van der Waals surface area contributed by atoms with Gasteiger partial charge in [0.2, 0.25) is 0 Å². The van der Waals surface area contributed by atoms with Gasteiger partial charge in [-0.1, -0.05) is 13.8 Å². The van der Waals surface area contributed by atoms with Gasteiger partial charge in [-0.05, 0) is 36.5 Å². The first kappa shape index (κ1) is 11.9. The maximum absolute atomic E-state index is 11.9. The minimum absolute atomic E-state index is 0.0281. The lowest BCUT2D eigenvalue weighted by Gasteiger charge is -2.30. The third kappa shape index (κ3) is 1.97. The molecule has 0 spiro atoms. The molecule has 3 heteroatoms. The molecule has 0 amide bonds. The van der Waals surface area contributed by atoms with E-state index in [9.17, 15) is 4.79 Å². The van der Waals surface area contributed by atoms with Crippen LogP contribution in [0, 0.1) is 29.6 Å². The van der Waals surface area contributed by atoms with Crippen molar-refractivity contribution in [3.8, 4) is 0 Å². The van der Waals surface area contributed by atoms with Crippen molar-refractivity contribution < 1.29 is 14.6 Å². The Hall–Kier alpha value is -0.570. The van der Waals surface area contributed by atoms with Crippen molar-refractivity contribution in [1.82, 2.24) is 0 Å². The lowest BCUT2D eigenvalue weighted by Crippen LogP contribution is -2.31. The lowest BCUT2D eigenvalue weighted by atomic mass is 9.76. The van der Waals surface area contributed by atoms with Gasteiger partial charge < -0.3 is 9.84 Å². The molecule has 2 fully saturated rings. The summed E-state index contributed by atoms with van der Waals surface area (Å²) in [6, 6.07) is 0. The molecular formula is C13H22O3. The number of rotatable bonds is 4. The van der Waals surface area contributed by atoms with Crippen molar-refractivity contribution in [3.05, 3.63) is 0 Å².